The predicted octanol–water partition coefficient (Wildman–Crippen LogP) is 3.03. The minimum Gasteiger partial charge on any atom is -0.480 e. The van der Waals surface area contributed by atoms with E-state index in [1.165, 1.54) is 25.7 Å². The van der Waals surface area contributed by atoms with Gasteiger partial charge >= 0.3 is 12.0 Å². The Bertz CT molecular complexity index is 461. The van der Waals surface area contributed by atoms with E-state index < -0.39 is 5.97 Å². The lowest BCUT2D eigenvalue weighted by Crippen LogP contribution is -2.43. The molecular formula is C20H37N3O3. The fraction of sp³-hybridized carbons (Fsp3) is 0.900. The van der Waals surface area contributed by atoms with Crippen LogP contribution in [0.2, 0.25) is 0 Å². The first-order chi connectivity index (χ1) is 12.4. The average Bonchev–Trinajstić information content (AvgIpc) is 2.85. The lowest BCUT2D eigenvalue weighted by atomic mass is 9.77. The normalized spacial score (nSPS) is 27.4. The first-order valence-electron chi connectivity index (χ1n) is 10.3. The average molecular weight is 368 g/mol. The molecule has 2 amide bonds. The van der Waals surface area contributed by atoms with Gasteiger partial charge in [0.15, 0.2) is 0 Å². The lowest BCUT2D eigenvalue weighted by Gasteiger charge is -2.31. The summed E-state index contributed by atoms with van der Waals surface area (Å²) in [7, 11) is 1.86. The van der Waals surface area contributed by atoms with Crippen LogP contribution in [0.5, 0.6) is 0 Å². The molecule has 1 saturated carbocycles. The number of carbonyl (C=O) groups excluding carboxylic acids is 1. The van der Waals surface area contributed by atoms with Crippen LogP contribution in [0, 0.1) is 17.8 Å². The molecule has 0 spiro atoms. The van der Waals surface area contributed by atoms with Crippen LogP contribution >= 0.6 is 0 Å². The molecule has 6 heteroatoms. The Morgan fingerprint density at radius 1 is 1.12 bits per heavy atom. The second-order valence-corrected chi connectivity index (χ2v) is 8.59. The maximum Gasteiger partial charge on any atom is 0.317 e. The number of carbonyl (C=O) groups is 2. The number of amides is 2. The van der Waals surface area contributed by atoms with Crippen molar-refractivity contribution in [1.82, 2.24) is 15.1 Å². The molecule has 0 radical (unpaired) electrons. The van der Waals surface area contributed by atoms with E-state index in [0.717, 1.165) is 44.2 Å². The molecule has 2 aliphatic rings. The summed E-state index contributed by atoms with van der Waals surface area (Å²) in [4.78, 5) is 27.2. The number of hydrogen-bond acceptors (Lipinski definition) is 3. The second kappa shape index (κ2) is 10.1. The number of nitrogens with zero attached hydrogens (tertiary/aromatic N) is 2. The van der Waals surface area contributed by atoms with Crippen molar-refractivity contribution in [2.75, 3.05) is 33.2 Å². The van der Waals surface area contributed by atoms with Gasteiger partial charge in [-0.3, -0.25) is 9.69 Å². The van der Waals surface area contributed by atoms with Gasteiger partial charge in [-0.15, -0.1) is 0 Å². The largest absolute Gasteiger partial charge is 0.480 e. The number of aliphatic carboxylic acids is 1. The molecule has 26 heavy (non-hydrogen) atoms. The molecule has 1 heterocycles. The number of hydrogen-bond donors (Lipinski definition) is 2. The number of likely N-dealkylation sites (tertiary alicyclic amines) is 1. The smallest absolute Gasteiger partial charge is 0.317 e. The molecule has 150 valence electrons. The minimum atomic E-state index is -0.793. The van der Waals surface area contributed by atoms with Crippen molar-refractivity contribution < 1.29 is 14.7 Å². The molecule has 2 fully saturated rings. The lowest BCUT2D eigenvalue weighted by molar-refractivity contribution is -0.138. The van der Waals surface area contributed by atoms with Crippen LogP contribution in [0.3, 0.4) is 0 Å². The van der Waals surface area contributed by atoms with Gasteiger partial charge in [-0.1, -0.05) is 13.8 Å². The molecule has 1 unspecified atom stereocenters. The number of carboxylic acid groups (broad SMARTS) is 1. The monoisotopic (exact) mass is 367 g/mol. The van der Waals surface area contributed by atoms with Gasteiger partial charge in [-0.05, 0) is 69.7 Å². The Morgan fingerprint density at radius 2 is 1.81 bits per heavy atom. The van der Waals surface area contributed by atoms with Gasteiger partial charge < -0.3 is 15.3 Å². The van der Waals surface area contributed by atoms with E-state index in [-0.39, 0.29) is 18.6 Å². The fourth-order valence-electron chi connectivity index (χ4n) is 4.47. The van der Waals surface area contributed by atoms with Crippen molar-refractivity contribution in [2.24, 2.45) is 17.8 Å². The molecule has 1 atom stereocenters. The summed E-state index contributed by atoms with van der Waals surface area (Å²) >= 11 is 0. The highest BCUT2D eigenvalue weighted by Gasteiger charge is 2.26. The van der Waals surface area contributed by atoms with Crippen molar-refractivity contribution in [3.05, 3.63) is 0 Å². The maximum atomic E-state index is 12.5. The van der Waals surface area contributed by atoms with Gasteiger partial charge in [-0.2, -0.15) is 0 Å². The van der Waals surface area contributed by atoms with Gasteiger partial charge in [0.25, 0.3) is 0 Å². The molecular weight excluding hydrogens is 330 g/mol. The van der Waals surface area contributed by atoms with Crippen molar-refractivity contribution in [3.8, 4) is 0 Å². The molecule has 0 aromatic heterocycles. The standard InChI is InChI=1S/C20H37N3O3/c1-15(2)17-8-6-16(7-9-17)13-21-20(26)23-11-4-5-18(10-12-23)22(3)14-19(24)25/h15-18H,4-14H2,1-3H3,(H,21,26)(H,24,25). The van der Waals surface area contributed by atoms with Crippen molar-refractivity contribution >= 4 is 12.0 Å². The van der Waals surface area contributed by atoms with Gasteiger partial charge in [0.2, 0.25) is 0 Å². The third-order valence-corrected chi connectivity index (χ3v) is 6.37. The summed E-state index contributed by atoms with van der Waals surface area (Å²) in [5.41, 5.74) is 0. The van der Waals surface area contributed by atoms with Gasteiger partial charge in [0.05, 0.1) is 6.54 Å². The summed E-state index contributed by atoms with van der Waals surface area (Å²) in [5, 5.41) is 12.1. The zero-order valence-electron chi connectivity index (χ0n) is 16.7. The topological polar surface area (TPSA) is 72.9 Å². The van der Waals surface area contributed by atoms with E-state index in [2.05, 4.69) is 19.2 Å². The highest BCUT2D eigenvalue weighted by molar-refractivity contribution is 5.74. The SMILES string of the molecule is CC(C)C1CCC(CNC(=O)N2CCCC(N(C)CC(=O)O)CC2)CC1. The first kappa shape index (κ1) is 21.0. The Labute approximate surface area is 158 Å². The minimum absolute atomic E-state index is 0.0533. The third-order valence-electron chi connectivity index (χ3n) is 6.37. The summed E-state index contributed by atoms with van der Waals surface area (Å²) in [6, 6.07) is 0.299. The van der Waals surface area contributed by atoms with Gasteiger partial charge in [0, 0.05) is 25.7 Å². The van der Waals surface area contributed by atoms with E-state index in [9.17, 15) is 9.59 Å². The Balaban J connectivity index is 1.70. The van der Waals surface area contributed by atoms with E-state index in [0.29, 0.717) is 12.5 Å². The van der Waals surface area contributed by atoms with Gasteiger partial charge in [0.1, 0.15) is 0 Å². The highest BCUT2D eigenvalue weighted by atomic mass is 16.4. The Kier molecular flexibility index (Phi) is 8.19. The molecule has 2 N–H and O–H groups in total. The molecule has 1 saturated heterocycles. The quantitative estimate of drug-likeness (QED) is 0.757. The summed E-state index contributed by atoms with van der Waals surface area (Å²) < 4.78 is 0. The molecule has 1 aliphatic heterocycles. The fourth-order valence-corrected chi connectivity index (χ4v) is 4.47. The van der Waals surface area contributed by atoms with E-state index in [1.807, 2.05) is 16.8 Å². The summed E-state index contributed by atoms with van der Waals surface area (Å²) in [6.07, 6.45) is 7.76. The molecule has 0 bridgehead atoms. The third kappa shape index (κ3) is 6.45. The molecule has 6 nitrogen and oxygen atoms in total. The van der Waals surface area contributed by atoms with E-state index in [1.54, 1.807) is 0 Å². The zero-order chi connectivity index (χ0) is 19.1. The number of carboxylic acids is 1. The predicted molar refractivity (Wildman–Crippen MR) is 103 cm³/mol. The summed E-state index contributed by atoms with van der Waals surface area (Å²) in [5.74, 6) is 1.45. The van der Waals surface area contributed by atoms with Crippen LogP contribution in [-0.2, 0) is 4.79 Å². The van der Waals surface area contributed by atoms with Crippen LogP contribution in [-0.4, -0.2) is 66.2 Å². The molecule has 0 aromatic rings. The van der Waals surface area contributed by atoms with Crippen LogP contribution in [0.4, 0.5) is 4.79 Å². The highest BCUT2D eigenvalue weighted by Crippen LogP contribution is 2.32. The van der Waals surface area contributed by atoms with Crippen molar-refractivity contribution in [1.29, 1.82) is 0 Å². The Hall–Kier alpha value is -1.30. The number of likely N-dealkylation sites (N-methyl/N-ethyl adjacent to an activating group) is 1. The first-order valence-corrected chi connectivity index (χ1v) is 10.3. The molecule has 2 rings (SSSR count). The van der Waals surface area contributed by atoms with Crippen molar-refractivity contribution in [3.63, 3.8) is 0 Å². The number of urea groups is 1. The number of nitrogens with one attached hydrogen (secondary N) is 1. The Morgan fingerprint density at radius 3 is 2.42 bits per heavy atom. The molecule has 1 aliphatic carbocycles. The van der Waals surface area contributed by atoms with E-state index >= 15 is 0 Å². The van der Waals surface area contributed by atoms with Gasteiger partial charge in [-0.25, -0.2) is 4.79 Å². The second-order valence-electron chi connectivity index (χ2n) is 8.59. The van der Waals surface area contributed by atoms with Crippen LogP contribution in [0.1, 0.15) is 58.8 Å². The summed E-state index contributed by atoms with van der Waals surface area (Å²) in [6.45, 7) is 6.96. The zero-order valence-corrected chi connectivity index (χ0v) is 16.7. The van der Waals surface area contributed by atoms with Crippen LogP contribution in [0.25, 0.3) is 0 Å². The molecule has 0 aromatic carbocycles. The van der Waals surface area contributed by atoms with Crippen molar-refractivity contribution in [2.45, 2.75) is 64.8 Å². The maximum absolute atomic E-state index is 12.5. The van der Waals surface area contributed by atoms with Crippen LogP contribution < -0.4 is 5.32 Å². The van der Waals surface area contributed by atoms with E-state index in [4.69, 9.17) is 5.11 Å². The van der Waals surface area contributed by atoms with Crippen LogP contribution in [0.15, 0.2) is 0 Å². The number of rotatable bonds is 6.